The first-order chi connectivity index (χ1) is 12.6. The second-order valence-electron chi connectivity index (χ2n) is 5.94. The third kappa shape index (κ3) is 3.12. The standard InChI is InChI=1S/C18H16N6O2/c1-12(25)13-6-16(19-7-13)18(26)22-14-8-20-24(10-14)11-15-9-23-5-3-2-4-17(23)21-15/h2-10,19H,11H2,1H3,(H,22,26). The van der Waals surface area contributed by atoms with Gasteiger partial charge in [-0.2, -0.15) is 5.10 Å². The van der Waals surface area contributed by atoms with Crippen molar-refractivity contribution in [2.24, 2.45) is 0 Å². The van der Waals surface area contributed by atoms with Crippen LogP contribution < -0.4 is 5.32 Å². The quantitative estimate of drug-likeness (QED) is 0.541. The predicted molar refractivity (Wildman–Crippen MR) is 95.3 cm³/mol. The number of hydrogen-bond donors (Lipinski definition) is 2. The number of anilines is 1. The van der Waals surface area contributed by atoms with E-state index in [4.69, 9.17) is 0 Å². The number of imidazole rings is 1. The molecule has 0 saturated carbocycles. The fraction of sp³-hybridized carbons (Fsp3) is 0.111. The number of aromatic amines is 1. The fourth-order valence-corrected chi connectivity index (χ4v) is 2.67. The zero-order valence-electron chi connectivity index (χ0n) is 14.0. The maximum absolute atomic E-state index is 12.2. The normalized spacial score (nSPS) is 11.0. The van der Waals surface area contributed by atoms with Crippen LogP contribution in [0.3, 0.4) is 0 Å². The van der Waals surface area contributed by atoms with E-state index < -0.39 is 0 Å². The topological polar surface area (TPSA) is 97.1 Å². The summed E-state index contributed by atoms with van der Waals surface area (Å²) in [6, 6.07) is 7.34. The molecular weight excluding hydrogens is 332 g/mol. The maximum Gasteiger partial charge on any atom is 0.272 e. The van der Waals surface area contributed by atoms with Crippen molar-refractivity contribution in [3.63, 3.8) is 0 Å². The highest BCUT2D eigenvalue weighted by molar-refractivity contribution is 6.05. The van der Waals surface area contributed by atoms with Crippen LogP contribution in [0.5, 0.6) is 0 Å². The highest BCUT2D eigenvalue weighted by Gasteiger charge is 2.12. The van der Waals surface area contributed by atoms with Crippen LogP contribution in [0.2, 0.25) is 0 Å². The second kappa shape index (κ2) is 6.32. The largest absolute Gasteiger partial charge is 0.356 e. The number of carbonyl (C=O) groups is 2. The monoisotopic (exact) mass is 348 g/mol. The van der Waals surface area contributed by atoms with Crippen molar-refractivity contribution in [3.8, 4) is 0 Å². The van der Waals surface area contributed by atoms with Crippen LogP contribution in [-0.4, -0.2) is 35.8 Å². The lowest BCUT2D eigenvalue weighted by Gasteiger charge is -1.99. The third-order valence-corrected chi connectivity index (χ3v) is 3.96. The van der Waals surface area contributed by atoms with E-state index in [1.165, 1.54) is 19.2 Å². The molecule has 0 aliphatic heterocycles. The van der Waals surface area contributed by atoms with Crippen molar-refractivity contribution in [1.82, 2.24) is 24.1 Å². The Kier molecular flexibility index (Phi) is 3.85. The summed E-state index contributed by atoms with van der Waals surface area (Å²) >= 11 is 0. The second-order valence-corrected chi connectivity index (χ2v) is 5.94. The number of nitrogens with one attached hydrogen (secondary N) is 2. The van der Waals surface area contributed by atoms with Gasteiger partial charge in [-0.3, -0.25) is 14.3 Å². The fourth-order valence-electron chi connectivity index (χ4n) is 2.67. The summed E-state index contributed by atoms with van der Waals surface area (Å²) in [5.74, 6) is -0.426. The Morgan fingerprint density at radius 3 is 2.92 bits per heavy atom. The Balaban J connectivity index is 1.45. The summed E-state index contributed by atoms with van der Waals surface area (Å²) in [7, 11) is 0. The van der Waals surface area contributed by atoms with Gasteiger partial charge in [0.25, 0.3) is 5.91 Å². The van der Waals surface area contributed by atoms with Crippen molar-refractivity contribution in [2.75, 3.05) is 5.32 Å². The number of amides is 1. The Morgan fingerprint density at radius 2 is 2.15 bits per heavy atom. The molecule has 8 heteroatoms. The number of rotatable bonds is 5. The first-order valence-electron chi connectivity index (χ1n) is 8.04. The summed E-state index contributed by atoms with van der Waals surface area (Å²) in [6.45, 7) is 1.95. The highest BCUT2D eigenvalue weighted by atomic mass is 16.2. The SMILES string of the molecule is CC(=O)c1c[nH]c(C(=O)Nc2cnn(Cc3cn4ccccc4n3)c2)c1. The van der Waals surface area contributed by atoms with Gasteiger partial charge in [-0.25, -0.2) is 4.98 Å². The summed E-state index contributed by atoms with van der Waals surface area (Å²) < 4.78 is 3.65. The van der Waals surface area contributed by atoms with Crippen LogP contribution in [-0.2, 0) is 6.54 Å². The number of carbonyl (C=O) groups excluding carboxylic acids is 2. The number of pyridine rings is 1. The predicted octanol–water partition coefficient (Wildman–Crippen LogP) is 2.36. The first kappa shape index (κ1) is 15.8. The molecule has 26 heavy (non-hydrogen) atoms. The van der Waals surface area contributed by atoms with Crippen molar-refractivity contribution < 1.29 is 9.59 Å². The molecule has 8 nitrogen and oxygen atoms in total. The molecule has 0 aliphatic rings. The van der Waals surface area contributed by atoms with Gasteiger partial charge >= 0.3 is 0 Å². The van der Waals surface area contributed by atoms with E-state index in [0.29, 0.717) is 23.5 Å². The van der Waals surface area contributed by atoms with Crippen LogP contribution in [0.25, 0.3) is 5.65 Å². The summed E-state index contributed by atoms with van der Waals surface area (Å²) in [5.41, 5.74) is 3.10. The lowest BCUT2D eigenvalue weighted by molar-refractivity contribution is 0.101. The molecule has 0 fully saturated rings. The van der Waals surface area contributed by atoms with Crippen molar-refractivity contribution >= 4 is 23.0 Å². The molecule has 0 aromatic carbocycles. The maximum atomic E-state index is 12.2. The molecule has 0 aliphatic carbocycles. The van der Waals surface area contributed by atoms with Gasteiger partial charge in [-0.05, 0) is 25.1 Å². The van der Waals surface area contributed by atoms with Crippen LogP contribution in [0, 0.1) is 0 Å². The molecule has 1 amide bonds. The van der Waals surface area contributed by atoms with E-state index in [-0.39, 0.29) is 11.7 Å². The molecule has 4 rings (SSSR count). The van der Waals surface area contributed by atoms with Crippen LogP contribution in [0.4, 0.5) is 5.69 Å². The number of aromatic nitrogens is 5. The summed E-state index contributed by atoms with van der Waals surface area (Å²) in [6.07, 6.45) is 8.70. The van der Waals surface area contributed by atoms with Crippen molar-refractivity contribution in [1.29, 1.82) is 0 Å². The van der Waals surface area contributed by atoms with Gasteiger partial charge in [0.15, 0.2) is 5.78 Å². The average Bonchev–Trinajstić information content (AvgIpc) is 3.33. The molecule has 0 radical (unpaired) electrons. The summed E-state index contributed by atoms with van der Waals surface area (Å²) in [4.78, 5) is 30.9. The number of hydrogen-bond acceptors (Lipinski definition) is 4. The van der Waals surface area contributed by atoms with E-state index >= 15 is 0 Å². The molecule has 130 valence electrons. The third-order valence-electron chi connectivity index (χ3n) is 3.96. The number of fused-ring (bicyclic) bond motifs is 1. The van der Waals surface area contributed by atoms with Gasteiger partial charge in [-0.15, -0.1) is 0 Å². The molecule has 4 aromatic rings. The van der Waals surface area contributed by atoms with Crippen molar-refractivity contribution in [2.45, 2.75) is 13.5 Å². The van der Waals surface area contributed by atoms with Crippen LogP contribution in [0.1, 0.15) is 33.5 Å². The average molecular weight is 348 g/mol. The Hall–Kier alpha value is -3.68. The van der Waals surface area contributed by atoms with Gasteiger partial charge < -0.3 is 14.7 Å². The molecule has 0 spiro atoms. The highest BCUT2D eigenvalue weighted by Crippen LogP contribution is 2.11. The number of ketones is 1. The van der Waals surface area contributed by atoms with Gasteiger partial charge in [0.05, 0.1) is 24.1 Å². The first-order valence-corrected chi connectivity index (χ1v) is 8.04. The zero-order valence-corrected chi connectivity index (χ0v) is 14.0. The zero-order chi connectivity index (χ0) is 18.1. The van der Waals surface area contributed by atoms with E-state index in [2.05, 4.69) is 20.4 Å². The number of nitrogens with zero attached hydrogens (tertiary/aromatic N) is 4. The smallest absolute Gasteiger partial charge is 0.272 e. The Bertz CT molecular complexity index is 1070. The Labute approximate surface area is 148 Å². The minimum absolute atomic E-state index is 0.0967. The van der Waals surface area contributed by atoms with E-state index in [1.807, 2.05) is 35.0 Å². The molecule has 4 heterocycles. The van der Waals surface area contributed by atoms with E-state index in [9.17, 15) is 9.59 Å². The lowest BCUT2D eigenvalue weighted by Crippen LogP contribution is -2.11. The molecule has 0 atom stereocenters. The Morgan fingerprint density at radius 1 is 1.27 bits per heavy atom. The van der Waals surface area contributed by atoms with Crippen LogP contribution >= 0.6 is 0 Å². The van der Waals surface area contributed by atoms with Gasteiger partial charge in [0.2, 0.25) is 0 Å². The molecular formula is C18H16N6O2. The van der Waals surface area contributed by atoms with Crippen molar-refractivity contribution in [3.05, 3.63) is 72.2 Å². The molecule has 2 N–H and O–H groups in total. The van der Waals surface area contributed by atoms with E-state index in [1.54, 1.807) is 17.1 Å². The minimum atomic E-state index is -0.329. The summed E-state index contributed by atoms with van der Waals surface area (Å²) in [5, 5.41) is 7.00. The molecule has 0 unspecified atom stereocenters. The van der Waals surface area contributed by atoms with Gasteiger partial charge in [-0.1, -0.05) is 6.07 Å². The molecule has 0 bridgehead atoms. The molecule has 0 saturated heterocycles. The number of H-pyrrole nitrogens is 1. The number of Topliss-reactive ketones (excluding diaryl/α,β-unsaturated/α-hetero) is 1. The van der Waals surface area contributed by atoms with Crippen LogP contribution in [0.15, 0.2) is 55.2 Å². The van der Waals surface area contributed by atoms with Gasteiger partial charge in [0.1, 0.15) is 11.3 Å². The van der Waals surface area contributed by atoms with E-state index in [0.717, 1.165) is 11.3 Å². The lowest BCUT2D eigenvalue weighted by atomic mass is 10.2. The molecule has 4 aromatic heterocycles. The van der Waals surface area contributed by atoms with Gasteiger partial charge in [0, 0.05) is 30.4 Å². The minimum Gasteiger partial charge on any atom is -0.356 e.